The Labute approximate surface area is 381 Å². The van der Waals surface area contributed by atoms with Gasteiger partial charge >= 0.3 is 5.51 Å². The number of rotatable bonds is 13. The van der Waals surface area contributed by atoms with Gasteiger partial charge in [-0.2, -0.15) is 13.2 Å². The number of hydrogen-bond acceptors (Lipinski definition) is 11. The summed E-state index contributed by atoms with van der Waals surface area (Å²) in [5.74, 6) is -0.845. The lowest BCUT2D eigenvalue weighted by Gasteiger charge is -2.39. The molecular weight excluding hydrogens is 903 g/mol. The van der Waals surface area contributed by atoms with E-state index in [4.69, 9.17) is 16.3 Å². The molecule has 13 nitrogen and oxygen atoms in total. The zero-order valence-corrected chi connectivity index (χ0v) is 38.4. The van der Waals surface area contributed by atoms with Crippen molar-refractivity contribution in [1.82, 2.24) is 24.9 Å². The molecule has 0 bridgehead atoms. The van der Waals surface area contributed by atoms with Crippen molar-refractivity contribution in [1.29, 1.82) is 0 Å². The molecule has 3 aromatic carbocycles. The van der Waals surface area contributed by atoms with Crippen LogP contribution >= 0.6 is 11.6 Å². The first-order chi connectivity index (χ1) is 30.8. The summed E-state index contributed by atoms with van der Waals surface area (Å²) in [4.78, 5) is 23.8. The van der Waals surface area contributed by atoms with Crippen LogP contribution in [-0.4, -0.2) is 95.5 Å². The van der Waals surface area contributed by atoms with E-state index in [0.717, 1.165) is 69.3 Å². The average molecular weight is 955 g/mol. The van der Waals surface area contributed by atoms with E-state index in [-0.39, 0.29) is 34.9 Å². The van der Waals surface area contributed by atoms with Crippen molar-refractivity contribution in [3.63, 3.8) is 0 Å². The second-order valence-electron chi connectivity index (χ2n) is 17.7. The predicted molar refractivity (Wildman–Crippen MR) is 246 cm³/mol. The number of nitrogens with one attached hydrogen (secondary N) is 4. The van der Waals surface area contributed by atoms with Crippen molar-refractivity contribution < 1.29 is 39.5 Å². The maximum atomic E-state index is 14.0. The maximum absolute atomic E-state index is 14.0. The van der Waals surface area contributed by atoms with Crippen molar-refractivity contribution in [3.8, 4) is 11.5 Å². The Morgan fingerprint density at radius 3 is 2.42 bits per heavy atom. The van der Waals surface area contributed by atoms with Gasteiger partial charge in [0.1, 0.15) is 22.0 Å². The van der Waals surface area contributed by atoms with Gasteiger partial charge in [-0.25, -0.2) is 26.5 Å². The second kappa shape index (κ2) is 18.6. The number of allylic oxidation sites excluding steroid dienone is 1. The summed E-state index contributed by atoms with van der Waals surface area (Å²) >= 11 is 6.23. The molecule has 19 heteroatoms. The number of carbonyl (C=O) groups excluding carboxylic acids is 1. The summed E-state index contributed by atoms with van der Waals surface area (Å²) in [6.45, 7) is 9.83. The number of benzene rings is 3. The van der Waals surface area contributed by atoms with Gasteiger partial charge < -0.3 is 25.3 Å². The van der Waals surface area contributed by atoms with Crippen molar-refractivity contribution in [2.24, 2.45) is 11.3 Å². The maximum Gasteiger partial charge on any atom is 0.501 e. The van der Waals surface area contributed by atoms with Gasteiger partial charge in [0.05, 0.1) is 22.3 Å². The molecule has 1 amide bonds. The largest absolute Gasteiger partial charge is 0.501 e. The Bertz CT molecular complexity index is 2820. The molecule has 3 aliphatic rings. The fourth-order valence-electron chi connectivity index (χ4n) is 8.72. The summed E-state index contributed by atoms with van der Waals surface area (Å²) < 4.78 is 103. The highest BCUT2D eigenvalue weighted by Gasteiger charge is 2.48. The summed E-state index contributed by atoms with van der Waals surface area (Å²) in [7, 11) is -11.0. The van der Waals surface area contributed by atoms with Crippen LogP contribution in [0.25, 0.3) is 16.6 Å². The highest BCUT2D eigenvalue weighted by atomic mass is 35.5. The molecule has 346 valence electrons. The van der Waals surface area contributed by atoms with Crippen LogP contribution in [0.2, 0.25) is 5.02 Å². The van der Waals surface area contributed by atoms with Crippen LogP contribution in [0.15, 0.2) is 101 Å². The minimum atomic E-state index is -6.02. The lowest BCUT2D eigenvalue weighted by molar-refractivity contribution is -0.0435. The number of anilines is 2. The number of sulfonamides is 1. The quantitative estimate of drug-likeness (QED) is 0.0893. The smallest absolute Gasteiger partial charge is 0.455 e. The van der Waals surface area contributed by atoms with Gasteiger partial charge in [0, 0.05) is 67.6 Å². The number of alkyl halides is 3. The molecule has 0 unspecified atom stereocenters. The molecule has 0 radical (unpaired) electrons. The number of piperazine rings is 1. The van der Waals surface area contributed by atoms with Gasteiger partial charge in [0.25, 0.3) is 25.8 Å². The standard InChI is InChI=1S/C46H51ClF3N7O6S2/c1-45(2)15-11-33(39(26-45)31-3-5-34(47)6-4-31)29-56-19-21-57(22-20-56)35-7-9-38(41(24-35)63-36-23-32-14-18-52-43(32)54-28-36)44(58)55-65(61,62)37-8-10-40(53-27-30-12-16-51-17-13-30)42(25-37)64(59,60)46(48,49)50/h3-10,14,18,23-25,28,30,51,53H,11-13,15-17,19-22,26-27,29H2,1-2H3,(H,52,54)(H,55,58). The number of nitrogens with zero attached hydrogens (tertiary/aromatic N) is 3. The molecule has 4 N–H and O–H groups in total. The first kappa shape index (κ1) is 46.4. The fraction of sp³-hybridized carbons (Fsp3) is 0.391. The molecule has 2 saturated heterocycles. The highest BCUT2D eigenvalue weighted by molar-refractivity contribution is 7.92. The normalized spacial score (nSPS) is 17.9. The number of fused-ring (bicyclic) bond motifs is 1. The topological polar surface area (TPSA) is 166 Å². The monoisotopic (exact) mass is 953 g/mol. The number of aromatic nitrogens is 2. The number of halogens is 4. The predicted octanol–water partition coefficient (Wildman–Crippen LogP) is 8.62. The average Bonchev–Trinajstić information content (AvgIpc) is 3.75. The first-order valence-electron chi connectivity index (χ1n) is 21.5. The van der Waals surface area contributed by atoms with Gasteiger partial charge in [-0.1, -0.05) is 43.2 Å². The summed E-state index contributed by atoms with van der Waals surface area (Å²) in [5.41, 5.74) is -0.842. The van der Waals surface area contributed by atoms with E-state index in [2.05, 4.69) is 56.4 Å². The number of hydrogen-bond donors (Lipinski definition) is 4. The zero-order valence-electron chi connectivity index (χ0n) is 36.0. The highest BCUT2D eigenvalue weighted by Crippen LogP contribution is 2.44. The van der Waals surface area contributed by atoms with E-state index in [1.165, 1.54) is 29.0 Å². The summed E-state index contributed by atoms with van der Waals surface area (Å²) in [6, 6.07) is 18.6. The summed E-state index contributed by atoms with van der Waals surface area (Å²) in [5, 5.41) is 7.39. The van der Waals surface area contributed by atoms with E-state index < -0.39 is 46.8 Å². The molecule has 0 saturated carbocycles. The summed E-state index contributed by atoms with van der Waals surface area (Å²) in [6.07, 6.45) is 7.67. The van der Waals surface area contributed by atoms with Crippen molar-refractivity contribution in [2.75, 3.05) is 62.6 Å². The van der Waals surface area contributed by atoms with Gasteiger partial charge in [-0.3, -0.25) is 9.69 Å². The molecule has 2 aromatic heterocycles. The Balaban J connectivity index is 1.03. The molecule has 65 heavy (non-hydrogen) atoms. The molecule has 4 heterocycles. The van der Waals surface area contributed by atoms with Crippen LogP contribution in [-0.2, 0) is 19.9 Å². The minimum Gasteiger partial charge on any atom is -0.455 e. The molecule has 0 atom stereocenters. The van der Waals surface area contributed by atoms with Gasteiger partial charge in [-0.15, -0.1) is 0 Å². The number of carbonyl (C=O) groups is 1. The lowest BCUT2D eigenvalue weighted by atomic mass is 9.72. The Morgan fingerprint density at radius 2 is 1.69 bits per heavy atom. The molecule has 2 aliphatic heterocycles. The molecule has 1 aliphatic carbocycles. The molecule has 2 fully saturated rings. The Hall–Kier alpha value is -5.14. The van der Waals surface area contributed by atoms with E-state index in [0.29, 0.717) is 48.6 Å². The lowest BCUT2D eigenvalue weighted by Crippen LogP contribution is -2.47. The number of ether oxygens (including phenoxy) is 1. The fourth-order valence-corrected chi connectivity index (χ4v) is 10.9. The van der Waals surface area contributed by atoms with E-state index in [1.807, 2.05) is 16.9 Å². The number of aromatic amines is 1. The molecule has 5 aromatic rings. The number of pyridine rings is 1. The van der Waals surface area contributed by atoms with Crippen molar-refractivity contribution >= 4 is 65.3 Å². The first-order valence-corrected chi connectivity index (χ1v) is 24.9. The van der Waals surface area contributed by atoms with Crippen molar-refractivity contribution in [3.05, 3.63) is 107 Å². The van der Waals surface area contributed by atoms with Crippen LogP contribution in [0.3, 0.4) is 0 Å². The number of H-pyrrole nitrogens is 1. The number of sulfone groups is 1. The zero-order chi connectivity index (χ0) is 46.1. The number of piperidine rings is 1. The third kappa shape index (κ3) is 10.6. The molecular formula is C46H51ClF3N7O6S2. The van der Waals surface area contributed by atoms with Crippen LogP contribution in [0, 0.1) is 11.3 Å². The third-order valence-electron chi connectivity index (χ3n) is 12.5. The van der Waals surface area contributed by atoms with Gasteiger partial charge in [0.2, 0.25) is 0 Å². The number of amides is 1. The van der Waals surface area contributed by atoms with E-state index >= 15 is 0 Å². The Kier molecular flexibility index (Phi) is 13.3. The van der Waals surface area contributed by atoms with Crippen LogP contribution in [0.1, 0.15) is 61.9 Å². The van der Waals surface area contributed by atoms with E-state index in [9.17, 15) is 34.8 Å². The second-order valence-corrected chi connectivity index (χ2v) is 21.7. The van der Waals surface area contributed by atoms with E-state index in [1.54, 1.807) is 30.5 Å². The SMILES string of the molecule is CC1(C)CCC(CN2CCN(c3ccc(C(=O)NS(=O)(=O)c4ccc(NCC5CCNCC5)c(S(=O)(=O)C(F)(F)F)c4)c(Oc4cnc5[nH]ccc5c4)c3)CC2)=C(c2ccc(Cl)cc2)C1. The van der Waals surface area contributed by atoms with Gasteiger partial charge in [0.15, 0.2) is 0 Å². The van der Waals surface area contributed by atoms with Gasteiger partial charge in [-0.05, 0) is 122 Å². The Morgan fingerprint density at radius 1 is 0.954 bits per heavy atom. The van der Waals surface area contributed by atoms with Crippen LogP contribution in [0.5, 0.6) is 11.5 Å². The van der Waals surface area contributed by atoms with Crippen LogP contribution in [0.4, 0.5) is 24.5 Å². The minimum absolute atomic E-state index is 0.00491. The van der Waals surface area contributed by atoms with Crippen LogP contribution < -0.4 is 25.0 Å². The van der Waals surface area contributed by atoms with Crippen molar-refractivity contribution in [2.45, 2.75) is 61.3 Å². The third-order valence-corrected chi connectivity index (χ3v) is 15.6. The molecule has 8 rings (SSSR count). The molecule has 0 spiro atoms.